The fraction of sp³-hybridized carbons (Fsp3) is 0.667. The summed E-state index contributed by atoms with van der Waals surface area (Å²) in [6, 6.07) is 0. The molecule has 0 aliphatic rings. The molecule has 0 amide bonds. The molecule has 2 N–H and O–H groups in total. The van der Waals surface area contributed by atoms with Crippen molar-refractivity contribution in [2.24, 2.45) is 0 Å². The van der Waals surface area contributed by atoms with Gasteiger partial charge in [-0.1, -0.05) is 4.49 Å². The Bertz CT molecular complexity index is 228. The standard InChI is InChI=1S/C6H11N3OS2/c1-10-2-3-11-4-5-6(7)12-9-8-5/h2-4,7H2,1H3. The van der Waals surface area contributed by atoms with E-state index in [0.717, 1.165) is 28.8 Å². The van der Waals surface area contributed by atoms with Crippen molar-refractivity contribution in [1.82, 2.24) is 9.59 Å². The lowest BCUT2D eigenvalue weighted by Crippen LogP contribution is -1.94. The zero-order chi connectivity index (χ0) is 8.81. The molecule has 0 aliphatic carbocycles. The summed E-state index contributed by atoms with van der Waals surface area (Å²) in [5.41, 5.74) is 6.49. The highest BCUT2D eigenvalue weighted by molar-refractivity contribution is 7.98. The Morgan fingerprint density at radius 1 is 1.67 bits per heavy atom. The monoisotopic (exact) mass is 205 g/mol. The van der Waals surface area contributed by atoms with E-state index in [1.165, 1.54) is 11.5 Å². The average molecular weight is 205 g/mol. The molecule has 0 fully saturated rings. The summed E-state index contributed by atoms with van der Waals surface area (Å²) in [7, 11) is 1.69. The maximum atomic E-state index is 5.60. The van der Waals surface area contributed by atoms with Gasteiger partial charge in [-0.3, -0.25) is 0 Å². The number of anilines is 1. The fourth-order valence-electron chi connectivity index (χ4n) is 0.627. The van der Waals surface area contributed by atoms with Gasteiger partial charge in [-0.25, -0.2) is 0 Å². The first-order valence-corrected chi connectivity index (χ1v) is 5.40. The second-order valence-electron chi connectivity index (χ2n) is 2.13. The summed E-state index contributed by atoms with van der Waals surface area (Å²) >= 11 is 2.99. The second-order valence-corrected chi connectivity index (χ2v) is 4.02. The van der Waals surface area contributed by atoms with Gasteiger partial charge in [-0.05, 0) is 0 Å². The van der Waals surface area contributed by atoms with Crippen molar-refractivity contribution < 1.29 is 4.74 Å². The first-order chi connectivity index (χ1) is 5.84. The van der Waals surface area contributed by atoms with Gasteiger partial charge in [0.15, 0.2) is 0 Å². The quantitative estimate of drug-likeness (QED) is 0.727. The Balaban J connectivity index is 2.20. The van der Waals surface area contributed by atoms with E-state index in [1.54, 1.807) is 18.9 Å². The minimum absolute atomic E-state index is 0.722. The predicted molar refractivity (Wildman–Crippen MR) is 52.4 cm³/mol. The van der Waals surface area contributed by atoms with Gasteiger partial charge in [0.25, 0.3) is 0 Å². The molecule has 0 spiro atoms. The first-order valence-electron chi connectivity index (χ1n) is 3.48. The van der Waals surface area contributed by atoms with Crippen LogP contribution in [0.25, 0.3) is 0 Å². The molecule has 1 heterocycles. The Morgan fingerprint density at radius 2 is 2.50 bits per heavy atom. The number of nitrogens with two attached hydrogens (primary N) is 1. The largest absolute Gasteiger partial charge is 0.388 e. The van der Waals surface area contributed by atoms with Crippen LogP contribution in [0.3, 0.4) is 0 Å². The van der Waals surface area contributed by atoms with Crippen LogP contribution in [-0.4, -0.2) is 29.1 Å². The Morgan fingerprint density at radius 3 is 3.08 bits per heavy atom. The fourth-order valence-corrected chi connectivity index (χ4v) is 2.00. The summed E-state index contributed by atoms with van der Waals surface area (Å²) in [5.74, 6) is 1.79. The smallest absolute Gasteiger partial charge is 0.131 e. The molecule has 1 aromatic heterocycles. The molecular weight excluding hydrogens is 194 g/mol. The topological polar surface area (TPSA) is 61.0 Å². The number of nitrogen functional groups attached to an aromatic ring is 1. The molecule has 0 aromatic carbocycles. The third kappa shape index (κ3) is 2.96. The molecular formula is C6H11N3OS2. The van der Waals surface area contributed by atoms with Crippen molar-refractivity contribution >= 4 is 28.3 Å². The van der Waals surface area contributed by atoms with Gasteiger partial charge >= 0.3 is 0 Å². The second kappa shape index (κ2) is 5.34. The van der Waals surface area contributed by atoms with E-state index in [-0.39, 0.29) is 0 Å². The number of hydrogen-bond donors (Lipinski definition) is 1. The van der Waals surface area contributed by atoms with E-state index in [0.29, 0.717) is 0 Å². The molecule has 0 aliphatic heterocycles. The van der Waals surface area contributed by atoms with Crippen LogP contribution in [0.5, 0.6) is 0 Å². The molecule has 0 saturated heterocycles. The van der Waals surface area contributed by atoms with Crippen molar-refractivity contribution in [2.75, 3.05) is 25.2 Å². The first kappa shape index (κ1) is 9.76. The molecule has 6 heteroatoms. The van der Waals surface area contributed by atoms with Gasteiger partial charge in [0, 0.05) is 30.1 Å². The molecule has 0 radical (unpaired) electrons. The van der Waals surface area contributed by atoms with Crippen molar-refractivity contribution in [2.45, 2.75) is 5.75 Å². The summed E-state index contributed by atoms with van der Waals surface area (Å²) in [6.45, 7) is 0.766. The molecule has 0 saturated carbocycles. The van der Waals surface area contributed by atoms with Gasteiger partial charge in [0.2, 0.25) is 0 Å². The minimum Gasteiger partial charge on any atom is -0.388 e. The van der Waals surface area contributed by atoms with Crippen LogP contribution in [0.4, 0.5) is 5.00 Å². The van der Waals surface area contributed by atoms with Gasteiger partial charge in [-0.15, -0.1) is 5.10 Å². The van der Waals surface area contributed by atoms with E-state index in [1.807, 2.05) is 0 Å². The maximum Gasteiger partial charge on any atom is 0.131 e. The van der Waals surface area contributed by atoms with Crippen LogP contribution < -0.4 is 5.73 Å². The molecule has 12 heavy (non-hydrogen) atoms. The average Bonchev–Trinajstić information content (AvgIpc) is 2.46. The summed E-state index contributed by atoms with van der Waals surface area (Å²) < 4.78 is 8.65. The van der Waals surface area contributed by atoms with Crippen LogP contribution >= 0.6 is 23.3 Å². The summed E-state index contributed by atoms with van der Waals surface area (Å²) in [5, 5.41) is 4.62. The van der Waals surface area contributed by atoms with E-state index < -0.39 is 0 Å². The number of ether oxygens (including phenoxy) is 1. The van der Waals surface area contributed by atoms with E-state index in [2.05, 4.69) is 9.59 Å². The van der Waals surface area contributed by atoms with Crippen molar-refractivity contribution in [1.29, 1.82) is 0 Å². The Hall–Kier alpha value is -0.330. The van der Waals surface area contributed by atoms with Crippen molar-refractivity contribution in [3.63, 3.8) is 0 Å². The van der Waals surface area contributed by atoms with Crippen LogP contribution in [0.15, 0.2) is 0 Å². The number of thioether (sulfide) groups is 1. The van der Waals surface area contributed by atoms with E-state index >= 15 is 0 Å². The third-order valence-corrected chi connectivity index (χ3v) is 2.78. The molecule has 68 valence electrons. The van der Waals surface area contributed by atoms with E-state index in [4.69, 9.17) is 10.5 Å². The Labute approximate surface area is 79.7 Å². The highest BCUT2D eigenvalue weighted by Crippen LogP contribution is 2.18. The van der Waals surface area contributed by atoms with Gasteiger partial charge in [0.05, 0.1) is 6.61 Å². The predicted octanol–water partition coefficient (Wildman–Crippen LogP) is 1.000. The maximum absolute atomic E-state index is 5.60. The lowest BCUT2D eigenvalue weighted by molar-refractivity contribution is 0.218. The minimum atomic E-state index is 0.722. The lowest BCUT2D eigenvalue weighted by Gasteiger charge is -1.97. The molecule has 0 bridgehead atoms. The molecule has 1 aromatic rings. The number of rotatable bonds is 5. The van der Waals surface area contributed by atoms with Crippen molar-refractivity contribution in [3.8, 4) is 0 Å². The molecule has 4 nitrogen and oxygen atoms in total. The number of nitrogens with zero attached hydrogens (tertiary/aromatic N) is 2. The van der Waals surface area contributed by atoms with Gasteiger partial charge < -0.3 is 10.5 Å². The summed E-state index contributed by atoms with van der Waals surface area (Å²) in [6.07, 6.45) is 0. The van der Waals surface area contributed by atoms with Crippen LogP contribution in [0, 0.1) is 0 Å². The third-order valence-electron chi connectivity index (χ3n) is 1.26. The lowest BCUT2D eigenvalue weighted by atomic mass is 10.5. The Kier molecular flexibility index (Phi) is 4.34. The van der Waals surface area contributed by atoms with Crippen LogP contribution in [-0.2, 0) is 10.5 Å². The summed E-state index contributed by atoms with van der Waals surface area (Å²) in [4.78, 5) is 0. The SMILES string of the molecule is COCCSCc1nnsc1N. The molecule has 0 atom stereocenters. The van der Waals surface area contributed by atoms with Gasteiger partial charge in [-0.2, -0.15) is 11.8 Å². The van der Waals surface area contributed by atoms with Gasteiger partial charge in [0.1, 0.15) is 10.7 Å². The zero-order valence-corrected chi connectivity index (χ0v) is 8.45. The molecule has 0 unspecified atom stereocenters. The van der Waals surface area contributed by atoms with Crippen molar-refractivity contribution in [3.05, 3.63) is 5.69 Å². The zero-order valence-electron chi connectivity index (χ0n) is 6.82. The van der Waals surface area contributed by atoms with E-state index in [9.17, 15) is 0 Å². The normalized spacial score (nSPS) is 10.4. The van der Waals surface area contributed by atoms with Crippen LogP contribution in [0.1, 0.15) is 5.69 Å². The highest BCUT2D eigenvalue weighted by atomic mass is 32.2. The molecule has 1 rings (SSSR count). The number of aromatic nitrogens is 2. The number of methoxy groups -OCH3 is 1. The van der Waals surface area contributed by atoms with Crippen LogP contribution in [0.2, 0.25) is 0 Å². The highest BCUT2D eigenvalue weighted by Gasteiger charge is 2.02. The number of hydrogen-bond acceptors (Lipinski definition) is 6.